The first kappa shape index (κ1) is 12.8. The minimum atomic E-state index is 0.617. The molecule has 0 bridgehead atoms. The number of anilines is 2. The molecule has 0 saturated heterocycles. The average Bonchev–Trinajstić information content (AvgIpc) is 2.29. The number of halogens is 2. The van der Waals surface area contributed by atoms with Crippen molar-refractivity contribution in [3.05, 3.63) is 43.7 Å². The van der Waals surface area contributed by atoms with Crippen molar-refractivity contribution in [2.45, 2.75) is 13.8 Å². The Morgan fingerprint density at radius 3 is 2.18 bits per heavy atom. The van der Waals surface area contributed by atoms with Crippen molar-refractivity contribution in [1.29, 1.82) is 0 Å². The number of hydrogen-bond donors (Lipinski definition) is 1. The maximum absolute atomic E-state index is 4.21. The van der Waals surface area contributed by atoms with Gasteiger partial charge in [0.1, 0.15) is 0 Å². The van der Waals surface area contributed by atoms with Gasteiger partial charge in [0.2, 0.25) is 5.95 Å². The van der Waals surface area contributed by atoms with Crippen molar-refractivity contribution in [2.75, 3.05) is 5.32 Å². The van der Waals surface area contributed by atoms with Crippen molar-refractivity contribution < 1.29 is 0 Å². The van der Waals surface area contributed by atoms with E-state index in [1.54, 1.807) is 12.4 Å². The van der Waals surface area contributed by atoms with Crippen LogP contribution in [0.3, 0.4) is 0 Å². The second kappa shape index (κ2) is 5.30. The molecule has 0 saturated carbocycles. The number of benzene rings is 1. The standard InChI is InChI=1S/C12H11BrIN3/c1-7-3-10(4-8(2)11(7)13)17-12-15-5-9(14)6-16-12/h3-6H,1-2H3,(H,15,16,17). The lowest BCUT2D eigenvalue weighted by atomic mass is 10.1. The van der Waals surface area contributed by atoms with E-state index >= 15 is 0 Å². The maximum atomic E-state index is 4.21. The van der Waals surface area contributed by atoms with Crippen LogP contribution in [0.4, 0.5) is 11.6 Å². The fourth-order valence-corrected chi connectivity index (χ4v) is 2.03. The first-order chi connectivity index (χ1) is 8.06. The van der Waals surface area contributed by atoms with Gasteiger partial charge in [-0.1, -0.05) is 15.9 Å². The predicted octanol–water partition coefficient (Wildman–Crippen LogP) is 4.20. The fraction of sp³-hybridized carbons (Fsp3) is 0.167. The molecule has 0 aliphatic carbocycles. The maximum Gasteiger partial charge on any atom is 0.227 e. The van der Waals surface area contributed by atoms with Crippen LogP contribution in [-0.4, -0.2) is 9.97 Å². The normalized spacial score (nSPS) is 10.4. The summed E-state index contributed by atoms with van der Waals surface area (Å²) >= 11 is 5.73. The highest BCUT2D eigenvalue weighted by atomic mass is 127. The number of nitrogens with one attached hydrogen (secondary N) is 1. The summed E-state index contributed by atoms with van der Waals surface area (Å²) < 4.78 is 2.17. The molecule has 2 rings (SSSR count). The second-order valence-corrected chi connectivity index (χ2v) is 5.81. The van der Waals surface area contributed by atoms with E-state index in [4.69, 9.17) is 0 Å². The van der Waals surface area contributed by atoms with Crippen LogP contribution in [-0.2, 0) is 0 Å². The first-order valence-electron chi connectivity index (χ1n) is 5.07. The molecule has 17 heavy (non-hydrogen) atoms. The van der Waals surface area contributed by atoms with Crippen LogP contribution in [0, 0.1) is 17.4 Å². The van der Waals surface area contributed by atoms with Gasteiger partial charge in [0.15, 0.2) is 0 Å². The second-order valence-electron chi connectivity index (χ2n) is 3.77. The summed E-state index contributed by atoms with van der Waals surface area (Å²) in [6, 6.07) is 4.14. The van der Waals surface area contributed by atoms with Crippen molar-refractivity contribution in [2.24, 2.45) is 0 Å². The van der Waals surface area contributed by atoms with Gasteiger partial charge in [0, 0.05) is 26.1 Å². The molecule has 0 aliphatic heterocycles. The predicted molar refractivity (Wildman–Crippen MR) is 81.6 cm³/mol. The van der Waals surface area contributed by atoms with Gasteiger partial charge in [-0.2, -0.15) is 0 Å². The molecule has 0 aliphatic rings. The van der Waals surface area contributed by atoms with Gasteiger partial charge in [-0.05, 0) is 59.7 Å². The van der Waals surface area contributed by atoms with Gasteiger partial charge in [0.05, 0.1) is 0 Å². The van der Waals surface area contributed by atoms with Crippen molar-refractivity contribution in [3.63, 3.8) is 0 Å². The first-order valence-corrected chi connectivity index (χ1v) is 6.95. The fourth-order valence-electron chi connectivity index (χ4n) is 1.52. The van der Waals surface area contributed by atoms with Crippen molar-refractivity contribution in [1.82, 2.24) is 9.97 Å². The Bertz CT molecular complexity index is 517. The molecule has 0 spiro atoms. The van der Waals surface area contributed by atoms with Crippen LogP contribution in [0.1, 0.15) is 11.1 Å². The van der Waals surface area contributed by atoms with Gasteiger partial charge in [-0.15, -0.1) is 0 Å². The molecule has 1 N–H and O–H groups in total. The summed E-state index contributed by atoms with van der Waals surface area (Å²) in [7, 11) is 0. The van der Waals surface area contributed by atoms with Gasteiger partial charge in [-0.3, -0.25) is 0 Å². The molecule has 88 valence electrons. The minimum Gasteiger partial charge on any atom is -0.324 e. The van der Waals surface area contributed by atoms with Gasteiger partial charge in [-0.25, -0.2) is 9.97 Å². The molecular formula is C12H11BrIN3. The van der Waals surface area contributed by atoms with E-state index in [0.717, 1.165) is 13.7 Å². The summed E-state index contributed by atoms with van der Waals surface area (Å²) in [5, 5.41) is 3.19. The van der Waals surface area contributed by atoms with Crippen LogP contribution < -0.4 is 5.32 Å². The monoisotopic (exact) mass is 403 g/mol. The highest BCUT2D eigenvalue weighted by Crippen LogP contribution is 2.26. The van der Waals surface area contributed by atoms with E-state index in [2.05, 4.69) is 79.8 Å². The van der Waals surface area contributed by atoms with Crippen molar-refractivity contribution >= 4 is 50.2 Å². The average molecular weight is 404 g/mol. The summed E-state index contributed by atoms with van der Waals surface area (Å²) in [6.45, 7) is 4.13. The zero-order chi connectivity index (χ0) is 12.4. The van der Waals surface area contributed by atoms with E-state index in [-0.39, 0.29) is 0 Å². The molecule has 2 aromatic rings. The SMILES string of the molecule is Cc1cc(Nc2ncc(I)cn2)cc(C)c1Br. The lowest BCUT2D eigenvalue weighted by molar-refractivity contribution is 1.15. The third-order valence-electron chi connectivity index (χ3n) is 2.31. The summed E-state index contributed by atoms with van der Waals surface area (Å²) in [5.41, 5.74) is 3.39. The Hall–Kier alpha value is -0.690. The lowest BCUT2D eigenvalue weighted by Crippen LogP contribution is -1.98. The topological polar surface area (TPSA) is 37.8 Å². The van der Waals surface area contributed by atoms with E-state index < -0.39 is 0 Å². The summed E-state index contributed by atoms with van der Waals surface area (Å²) in [4.78, 5) is 8.43. The van der Waals surface area contributed by atoms with Crippen LogP contribution in [0.2, 0.25) is 0 Å². The molecule has 1 heterocycles. The Morgan fingerprint density at radius 2 is 1.65 bits per heavy atom. The molecule has 0 unspecified atom stereocenters. The van der Waals surface area contributed by atoms with Gasteiger partial charge in [0.25, 0.3) is 0 Å². The van der Waals surface area contributed by atoms with E-state index in [9.17, 15) is 0 Å². The Labute approximate surface area is 122 Å². The zero-order valence-electron chi connectivity index (χ0n) is 9.46. The smallest absolute Gasteiger partial charge is 0.227 e. The van der Waals surface area contributed by atoms with E-state index in [1.807, 2.05) is 0 Å². The van der Waals surface area contributed by atoms with Crippen LogP contribution in [0.5, 0.6) is 0 Å². The molecular weight excluding hydrogens is 393 g/mol. The summed E-state index contributed by atoms with van der Waals surface area (Å²) in [5.74, 6) is 0.617. The third kappa shape index (κ3) is 3.16. The molecule has 0 atom stereocenters. The van der Waals surface area contributed by atoms with Gasteiger partial charge < -0.3 is 5.32 Å². The number of nitrogens with zero attached hydrogens (tertiary/aromatic N) is 2. The lowest BCUT2D eigenvalue weighted by Gasteiger charge is -2.09. The zero-order valence-corrected chi connectivity index (χ0v) is 13.2. The summed E-state index contributed by atoms with van der Waals surface area (Å²) in [6.07, 6.45) is 3.57. The van der Waals surface area contributed by atoms with Crippen LogP contribution >= 0.6 is 38.5 Å². The highest BCUT2D eigenvalue weighted by Gasteiger charge is 2.03. The molecule has 0 radical (unpaired) electrons. The Kier molecular flexibility index (Phi) is 3.98. The number of aromatic nitrogens is 2. The highest BCUT2D eigenvalue weighted by molar-refractivity contribution is 14.1. The van der Waals surface area contributed by atoms with Crippen LogP contribution in [0.25, 0.3) is 0 Å². The third-order valence-corrected chi connectivity index (χ3v) is 4.12. The molecule has 5 heteroatoms. The van der Waals surface area contributed by atoms with Crippen molar-refractivity contribution in [3.8, 4) is 0 Å². The minimum absolute atomic E-state index is 0.617. The molecule has 1 aromatic carbocycles. The molecule has 1 aromatic heterocycles. The number of aryl methyl sites for hydroxylation is 2. The number of hydrogen-bond acceptors (Lipinski definition) is 3. The number of rotatable bonds is 2. The van der Waals surface area contributed by atoms with Gasteiger partial charge >= 0.3 is 0 Å². The Balaban J connectivity index is 2.27. The quantitative estimate of drug-likeness (QED) is 0.763. The largest absolute Gasteiger partial charge is 0.324 e. The van der Waals surface area contributed by atoms with E-state index in [0.29, 0.717) is 5.95 Å². The molecule has 0 fully saturated rings. The molecule has 3 nitrogen and oxygen atoms in total. The molecule has 0 amide bonds. The van der Waals surface area contributed by atoms with Crippen LogP contribution in [0.15, 0.2) is 29.0 Å². The van der Waals surface area contributed by atoms with E-state index in [1.165, 1.54) is 11.1 Å². The Morgan fingerprint density at radius 1 is 1.12 bits per heavy atom.